The Kier molecular flexibility index (Phi) is 4.24. The molecular weight excluding hydrogens is 274 g/mol. The van der Waals surface area contributed by atoms with Crippen LogP contribution in [0.1, 0.15) is 15.4 Å². The van der Waals surface area contributed by atoms with Crippen molar-refractivity contribution >= 4 is 33.8 Å². The van der Waals surface area contributed by atoms with Crippen molar-refractivity contribution in [3.05, 3.63) is 34.8 Å². The molecule has 0 spiro atoms. The number of nitrogens with one attached hydrogen (secondary N) is 1. The molecule has 0 atom stereocenters. The molecule has 1 aromatic heterocycles. The van der Waals surface area contributed by atoms with E-state index in [0.29, 0.717) is 10.8 Å². The minimum atomic E-state index is -0.408. The molecule has 6 heteroatoms. The summed E-state index contributed by atoms with van der Waals surface area (Å²) in [5.41, 5.74) is 2.39. The summed E-state index contributed by atoms with van der Waals surface area (Å²) in [7, 11) is 5.33. The second kappa shape index (κ2) is 5.92. The molecule has 0 aliphatic rings. The zero-order valence-electron chi connectivity index (χ0n) is 11.9. The largest absolute Gasteiger partial charge is 0.464 e. The van der Waals surface area contributed by atoms with Gasteiger partial charge in [-0.25, -0.2) is 9.78 Å². The quantitative estimate of drug-likeness (QED) is 0.877. The van der Waals surface area contributed by atoms with Crippen molar-refractivity contribution in [2.24, 2.45) is 0 Å². The molecule has 0 unspecified atom stereocenters. The summed E-state index contributed by atoms with van der Waals surface area (Å²) in [6.07, 6.45) is 0. The number of carbonyl (C=O) groups excluding carboxylic acids is 1. The topological polar surface area (TPSA) is 54.5 Å². The smallest absolute Gasteiger partial charge is 0.357 e. The maximum Gasteiger partial charge on any atom is 0.357 e. The zero-order valence-corrected chi connectivity index (χ0v) is 12.7. The van der Waals surface area contributed by atoms with Crippen LogP contribution >= 0.6 is 11.3 Å². The molecule has 0 aliphatic heterocycles. The highest BCUT2D eigenvalue weighted by atomic mass is 32.1. The Balaban J connectivity index is 2.22. The number of anilines is 3. The Morgan fingerprint density at radius 3 is 2.80 bits per heavy atom. The first-order chi connectivity index (χ1) is 9.51. The molecule has 2 rings (SSSR count). The number of rotatable bonds is 4. The molecule has 5 nitrogen and oxygen atoms in total. The fraction of sp³-hybridized carbons (Fsp3) is 0.286. The summed E-state index contributed by atoms with van der Waals surface area (Å²) in [4.78, 5) is 18.7. The maximum atomic E-state index is 11.5. The lowest BCUT2D eigenvalue weighted by Crippen LogP contribution is -2.08. The molecule has 106 valence electrons. The Hall–Kier alpha value is -2.08. The number of hydrogen-bond donors (Lipinski definition) is 1. The minimum Gasteiger partial charge on any atom is -0.464 e. The van der Waals surface area contributed by atoms with E-state index < -0.39 is 5.97 Å². The van der Waals surface area contributed by atoms with Gasteiger partial charge in [0.2, 0.25) is 0 Å². The normalized spacial score (nSPS) is 10.2. The minimum absolute atomic E-state index is 0.365. The Morgan fingerprint density at radius 2 is 2.15 bits per heavy atom. The van der Waals surface area contributed by atoms with E-state index in [2.05, 4.69) is 10.3 Å². The number of nitrogens with zero attached hydrogens (tertiary/aromatic N) is 2. The van der Waals surface area contributed by atoms with Crippen molar-refractivity contribution in [2.45, 2.75) is 6.92 Å². The molecule has 1 heterocycles. The highest BCUT2D eigenvalue weighted by Gasteiger charge is 2.15. The Labute approximate surface area is 122 Å². The van der Waals surface area contributed by atoms with Crippen LogP contribution in [0.2, 0.25) is 0 Å². The van der Waals surface area contributed by atoms with Crippen LogP contribution in [0, 0.1) is 6.92 Å². The van der Waals surface area contributed by atoms with Gasteiger partial charge in [-0.2, -0.15) is 0 Å². The second-order valence-corrected chi connectivity index (χ2v) is 5.69. The average molecular weight is 291 g/mol. The first kappa shape index (κ1) is 14.3. The van der Waals surface area contributed by atoms with Gasteiger partial charge in [0, 0.05) is 30.3 Å². The first-order valence-corrected chi connectivity index (χ1v) is 6.93. The highest BCUT2D eigenvalue weighted by Crippen LogP contribution is 2.27. The van der Waals surface area contributed by atoms with Crippen molar-refractivity contribution < 1.29 is 9.53 Å². The van der Waals surface area contributed by atoms with Crippen LogP contribution in [-0.2, 0) is 4.74 Å². The van der Waals surface area contributed by atoms with E-state index in [4.69, 9.17) is 4.74 Å². The summed E-state index contributed by atoms with van der Waals surface area (Å²) in [5.74, 6) is -0.408. The molecule has 0 saturated carbocycles. The van der Waals surface area contributed by atoms with Crippen molar-refractivity contribution in [1.82, 2.24) is 4.98 Å². The predicted molar refractivity (Wildman–Crippen MR) is 82.2 cm³/mol. The lowest BCUT2D eigenvalue weighted by molar-refractivity contribution is 0.0594. The number of benzene rings is 1. The summed E-state index contributed by atoms with van der Waals surface area (Å²) in [6.45, 7) is 1.85. The van der Waals surface area contributed by atoms with E-state index in [1.807, 2.05) is 50.2 Å². The molecular formula is C14H17N3O2S. The standard InChI is InChI=1S/C14H17N3O2S/c1-9-12(13(18)19-4)16-14(20-9)15-10-6-5-7-11(8-10)17(2)3/h5-8H,1-4H3,(H,15,16). The van der Waals surface area contributed by atoms with Gasteiger partial charge in [0.25, 0.3) is 0 Å². The number of hydrogen-bond acceptors (Lipinski definition) is 6. The van der Waals surface area contributed by atoms with Crippen molar-refractivity contribution in [1.29, 1.82) is 0 Å². The number of aryl methyl sites for hydroxylation is 1. The zero-order chi connectivity index (χ0) is 14.7. The SMILES string of the molecule is COC(=O)c1nc(Nc2cccc(N(C)C)c2)sc1C. The average Bonchev–Trinajstić information content (AvgIpc) is 2.79. The van der Waals surface area contributed by atoms with Gasteiger partial charge in [0.1, 0.15) is 0 Å². The number of aromatic nitrogens is 1. The van der Waals surface area contributed by atoms with Crippen LogP contribution in [0.4, 0.5) is 16.5 Å². The van der Waals surface area contributed by atoms with Gasteiger partial charge in [-0.3, -0.25) is 0 Å². The summed E-state index contributed by atoms with van der Waals surface area (Å²) in [6, 6.07) is 7.98. The van der Waals surface area contributed by atoms with Crippen LogP contribution in [0.5, 0.6) is 0 Å². The van der Waals surface area contributed by atoms with Gasteiger partial charge in [-0.05, 0) is 25.1 Å². The van der Waals surface area contributed by atoms with Crippen LogP contribution < -0.4 is 10.2 Å². The van der Waals surface area contributed by atoms with E-state index in [0.717, 1.165) is 16.3 Å². The van der Waals surface area contributed by atoms with Crippen LogP contribution in [0.15, 0.2) is 24.3 Å². The number of esters is 1. The lowest BCUT2D eigenvalue weighted by atomic mass is 10.2. The van der Waals surface area contributed by atoms with Crippen molar-refractivity contribution in [3.63, 3.8) is 0 Å². The third-order valence-electron chi connectivity index (χ3n) is 2.79. The molecule has 0 fully saturated rings. The third kappa shape index (κ3) is 3.08. The summed E-state index contributed by atoms with van der Waals surface area (Å²) < 4.78 is 4.70. The molecule has 0 radical (unpaired) electrons. The van der Waals surface area contributed by atoms with Crippen LogP contribution in [0.25, 0.3) is 0 Å². The molecule has 0 saturated heterocycles. The van der Waals surface area contributed by atoms with Crippen LogP contribution in [-0.4, -0.2) is 32.2 Å². The van der Waals surface area contributed by atoms with E-state index >= 15 is 0 Å². The number of methoxy groups -OCH3 is 1. The highest BCUT2D eigenvalue weighted by molar-refractivity contribution is 7.15. The van der Waals surface area contributed by atoms with E-state index in [9.17, 15) is 4.79 Å². The molecule has 1 N–H and O–H groups in total. The van der Waals surface area contributed by atoms with Gasteiger partial charge in [-0.1, -0.05) is 6.07 Å². The van der Waals surface area contributed by atoms with Crippen molar-refractivity contribution in [2.75, 3.05) is 31.4 Å². The van der Waals surface area contributed by atoms with Gasteiger partial charge < -0.3 is 15.0 Å². The van der Waals surface area contributed by atoms with E-state index in [1.165, 1.54) is 18.4 Å². The Bertz CT molecular complexity index is 623. The fourth-order valence-electron chi connectivity index (χ4n) is 1.72. The van der Waals surface area contributed by atoms with Gasteiger partial charge >= 0.3 is 5.97 Å². The number of carbonyl (C=O) groups is 1. The molecule has 2 aromatic rings. The molecule has 0 aliphatic carbocycles. The summed E-state index contributed by atoms with van der Waals surface area (Å²) >= 11 is 1.43. The summed E-state index contributed by atoms with van der Waals surface area (Å²) in [5, 5.41) is 3.89. The van der Waals surface area contributed by atoms with Gasteiger partial charge in [-0.15, -0.1) is 11.3 Å². The fourth-order valence-corrected chi connectivity index (χ4v) is 2.54. The number of ether oxygens (including phenoxy) is 1. The number of thiazole rings is 1. The first-order valence-electron chi connectivity index (χ1n) is 6.11. The van der Waals surface area contributed by atoms with Gasteiger partial charge in [0.15, 0.2) is 10.8 Å². The van der Waals surface area contributed by atoms with Crippen LogP contribution in [0.3, 0.4) is 0 Å². The monoisotopic (exact) mass is 291 g/mol. The second-order valence-electron chi connectivity index (χ2n) is 4.49. The molecule has 1 aromatic carbocycles. The molecule has 0 bridgehead atoms. The van der Waals surface area contributed by atoms with Crippen molar-refractivity contribution in [3.8, 4) is 0 Å². The predicted octanol–water partition coefficient (Wildman–Crippen LogP) is 3.05. The van der Waals surface area contributed by atoms with E-state index in [-0.39, 0.29) is 0 Å². The maximum absolute atomic E-state index is 11.5. The Morgan fingerprint density at radius 1 is 1.40 bits per heavy atom. The molecule has 20 heavy (non-hydrogen) atoms. The lowest BCUT2D eigenvalue weighted by Gasteiger charge is -2.13. The molecule has 0 amide bonds. The van der Waals surface area contributed by atoms with E-state index in [1.54, 1.807) is 0 Å². The third-order valence-corrected chi connectivity index (χ3v) is 3.68. The van der Waals surface area contributed by atoms with Gasteiger partial charge in [0.05, 0.1) is 7.11 Å².